The summed E-state index contributed by atoms with van der Waals surface area (Å²) in [5, 5.41) is 14.4. The van der Waals surface area contributed by atoms with Gasteiger partial charge in [0.15, 0.2) is 0 Å². The summed E-state index contributed by atoms with van der Waals surface area (Å²) < 4.78 is 5.54. The van der Waals surface area contributed by atoms with Gasteiger partial charge in [0.25, 0.3) is 0 Å². The van der Waals surface area contributed by atoms with Crippen LogP contribution in [0.1, 0.15) is 46.8 Å². The number of ether oxygens (including phenoxy) is 1. The molecule has 0 atom stereocenters. The molecule has 3 N–H and O–H groups in total. The number of carboxylic acid groups (broad SMARTS) is 1. The van der Waals surface area contributed by atoms with E-state index in [0.29, 0.717) is 0 Å². The smallest absolute Gasteiger partial charge is 0.408 e. The molecule has 0 saturated carbocycles. The second-order valence-electron chi connectivity index (χ2n) is 8.76. The maximum Gasteiger partial charge on any atom is 0.408 e. The average molecular weight is 459 g/mol. The summed E-state index contributed by atoms with van der Waals surface area (Å²) in [6.07, 6.45) is -0.673. The number of nitrogens with one attached hydrogen (secondary N) is 2. The van der Waals surface area contributed by atoms with E-state index in [4.69, 9.17) is 9.84 Å². The Hall–Kier alpha value is -4.13. The standard InChI is InChI=1S/C27H26N2O5/c1-27(2,25(32)28-15-17-11-13-18(14-12-17)24(30)31)29-26(33)34-16-23-21-9-5-3-7-19(21)20-8-4-6-10-22(20)23/h3-14,23H,15-16H2,1-2H3,(H,28,32)(H,29,33)(H,30,31). The number of aromatic carboxylic acids is 1. The molecule has 174 valence electrons. The van der Waals surface area contributed by atoms with Crippen LogP contribution in [-0.4, -0.2) is 35.2 Å². The highest BCUT2D eigenvalue weighted by atomic mass is 16.5. The quantitative estimate of drug-likeness (QED) is 0.489. The van der Waals surface area contributed by atoms with E-state index in [1.165, 1.54) is 12.1 Å². The molecule has 0 aliphatic heterocycles. The minimum absolute atomic E-state index is 0.0659. The first-order valence-electron chi connectivity index (χ1n) is 11.0. The lowest BCUT2D eigenvalue weighted by Gasteiger charge is -2.25. The maximum atomic E-state index is 12.7. The normalized spacial score (nSPS) is 12.4. The fourth-order valence-corrected chi connectivity index (χ4v) is 4.11. The summed E-state index contributed by atoms with van der Waals surface area (Å²) >= 11 is 0. The number of carbonyl (C=O) groups excluding carboxylic acids is 2. The van der Waals surface area contributed by atoms with Crippen LogP contribution in [0.4, 0.5) is 4.79 Å². The van der Waals surface area contributed by atoms with Gasteiger partial charge in [0.05, 0.1) is 5.56 Å². The molecule has 7 nitrogen and oxygen atoms in total. The van der Waals surface area contributed by atoms with Crippen molar-refractivity contribution >= 4 is 18.0 Å². The summed E-state index contributed by atoms with van der Waals surface area (Å²) in [7, 11) is 0. The number of rotatable bonds is 7. The van der Waals surface area contributed by atoms with Crippen LogP contribution in [0.3, 0.4) is 0 Å². The summed E-state index contributed by atoms with van der Waals surface area (Å²) in [6.45, 7) is 3.55. The zero-order chi connectivity index (χ0) is 24.3. The third-order valence-electron chi connectivity index (χ3n) is 5.98. The lowest BCUT2D eigenvalue weighted by Crippen LogP contribution is -2.54. The summed E-state index contributed by atoms with van der Waals surface area (Å²) in [4.78, 5) is 36.2. The molecule has 4 rings (SSSR count). The van der Waals surface area contributed by atoms with Crippen LogP contribution in [0.2, 0.25) is 0 Å². The van der Waals surface area contributed by atoms with E-state index in [0.717, 1.165) is 27.8 Å². The Labute approximate surface area is 197 Å². The third-order valence-corrected chi connectivity index (χ3v) is 5.98. The van der Waals surface area contributed by atoms with Crippen molar-refractivity contribution in [3.63, 3.8) is 0 Å². The number of fused-ring (bicyclic) bond motifs is 3. The van der Waals surface area contributed by atoms with Crippen molar-refractivity contribution in [3.8, 4) is 11.1 Å². The fraction of sp³-hybridized carbons (Fsp3) is 0.222. The molecule has 3 aromatic carbocycles. The Bertz CT molecular complexity index is 1190. The highest BCUT2D eigenvalue weighted by Gasteiger charge is 2.32. The summed E-state index contributed by atoms with van der Waals surface area (Å²) in [5.74, 6) is -1.46. The molecule has 1 aliphatic rings. The highest BCUT2D eigenvalue weighted by Crippen LogP contribution is 2.44. The van der Waals surface area contributed by atoms with Crippen LogP contribution in [0.15, 0.2) is 72.8 Å². The number of alkyl carbamates (subject to hydrolysis) is 1. The number of hydrogen-bond donors (Lipinski definition) is 3. The van der Waals surface area contributed by atoms with E-state index >= 15 is 0 Å². The van der Waals surface area contributed by atoms with Gasteiger partial charge in [-0.05, 0) is 53.8 Å². The van der Waals surface area contributed by atoms with Gasteiger partial charge >= 0.3 is 12.1 Å². The zero-order valence-corrected chi connectivity index (χ0v) is 19.0. The zero-order valence-electron chi connectivity index (χ0n) is 19.0. The van der Waals surface area contributed by atoms with Crippen LogP contribution in [-0.2, 0) is 16.1 Å². The van der Waals surface area contributed by atoms with Crippen molar-refractivity contribution in [2.45, 2.75) is 31.8 Å². The summed E-state index contributed by atoms with van der Waals surface area (Å²) in [6, 6.07) is 22.4. The molecule has 2 amide bonds. The Morgan fingerprint density at radius 1 is 0.882 bits per heavy atom. The maximum absolute atomic E-state index is 12.7. The van der Waals surface area contributed by atoms with Gasteiger partial charge in [0.1, 0.15) is 12.1 Å². The van der Waals surface area contributed by atoms with Gasteiger partial charge in [-0.15, -0.1) is 0 Å². The topological polar surface area (TPSA) is 105 Å². The van der Waals surface area contributed by atoms with Crippen LogP contribution in [0.5, 0.6) is 0 Å². The first-order valence-corrected chi connectivity index (χ1v) is 11.0. The Balaban J connectivity index is 1.33. The predicted molar refractivity (Wildman–Crippen MR) is 128 cm³/mol. The monoisotopic (exact) mass is 458 g/mol. The second kappa shape index (κ2) is 9.39. The van der Waals surface area contributed by atoms with E-state index in [1.54, 1.807) is 26.0 Å². The molecular weight excluding hydrogens is 432 g/mol. The van der Waals surface area contributed by atoms with Crippen LogP contribution < -0.4 is 10.6 Å². The average Bonchev–Trinajstić information content (AvgIpc) is 3.15. The Morgan fingerprint density at radius 3 is 2.00 bits per heavy atom. The van der Waals surface area contributed by atoms with Gasteiger partial charge in [-0.3, -0.25) is 4.79 Å². The summed E-state index contributed by atoms with van der Waals surface area (Å²) in [5.41, 5.74) is 4.22. The van der Waals surface area contributed by atoms with Crippen molar-refractivity contribution in [1.82, 2.24) is 10.6 Å². The van der Waals surface area contributed by atoms with Crippen molar-refractivity contribution in [3.05, 3.63) is 95.1 Å². The van der Waals surface area contributed by atoms with E-state index in [9.17, 15) is 14.4 Å². The van der Waals surface area contributed by atoms with Gasteiger partial charge < -0.3 is 20.5 Å². The lowest BCUT2D eigenvalue weighted by atomic mass is 9.98. The van der Waals surface area contributed by atoms with Crippen LogP contribution in [0.25, 0.3) is 11.1 Å². The highest BCUT2D eigenvalue weighted by molar-refractivity contribution is 5.89. The van der Waals surface area contributed by atoms with Crippen LogP contribution >= 0.6 is 0 Å². The second-order valence-corrected chi connectivity index (χ2v) is 8.76. The molecule has 0 bridgehead atoms. The number of amides is 2. The molecule has 7 heteroatoms. The molecule has 0 radical (unpaired) electrons. The Kier molecular flexibility index (Phi) is 6.36. The molecular formula is C27H26N2O5. The third kappa shape index (κ3) is 4.78. The van der Waals surface area contributed by atoms with E-state index < -0.39 is 17.6 Å². The first-order chi connectivity index (χ1) is 16.3. The molecule has 0 unspecified atom stereocenters. The van der Waals surface area contributed by atoms with Crippen LogP contribution in [0, 0.1) is 0 Å². The molecule has 0 fully saturated rings. The van der Waals surface area contributed by atoms with Gasteiger partial charge in [0, 0.05) is 12.5 Å². The van der Waals surface area contributed by atoms with Gasteiger partial charge in [-0.1, -0.05) is 60.7 Å². The number of carbonyl (C=O) groups is 3. The van der Waals surface area contributed by atoms with Gasteiger partial charge in [-0.25, -0.2) is 9.59 Å². The fourth-order valence-electron chi connectivity index (χ4n) is 4.11. The molecule has 0 spiro atoms. The van der Waals surface area contributed by atoms with Crippen molar-refractivity contribution in [2.24, 2.45) is 0 Å². The van der Waals surface area contributed by atoms with Crippen molar-refractivity contribution in [1.29, 1.82) is 0 Å². The molecule has 3 aromatic rings. The number of benzene rings is 3. The van der Waals surface area contributed by atoms with Crippen molar-refractivity contribution in [2.75, 3.05) is 6.61 Å². The first kappa shape index (κ1) is 23.0. The predicted octanol–water partition coefficient (Wildman–Crippen LogP) is 4.32. The molecule has 34 heavy (non-hydrogen) atoms. The minimum Gasteiger partial charge on any atom is -0.478 e. The Morgan fingerprint density at radius 2 is 1.44 bits per heavy atom. The molecule has 0 aromatic heterocycles. The minimum atomic E-state index is -1.20. The molecule has 0 heterocycles. The van der Waals surface area contributed by atoms with E-state index in [-0.39, 0.29) is 30.5 Å². The number of carboxylic acids is 1. The van der Waals surface area contributed by atoms with Gasteiger partial charge in [0.2, 0.25) is 5.91 Å². The lowest BCUT2D eigenvalue weighted by molar-refractivity contribution is -0.126. The number of hydrogen-bond acceptors (Lipinski definition) is 4. The van der Waals surface area contributed by atoms with E-state index in [1.807, 2.05) is 36.4 Å². The van der Waals surface area contributed by atoms with E-state index in [2.05, 4.69) is 22.8 Å². The van der Waals surface area contributed by atoms with Crippen molar-refractivity contribution < 1.29 is 24.2 Å². The SMILES string of the molecule is CC(C)(NC(=O)OCC1c2ccccc2-c2ccccc21)C(=O)NCc1ccc(C(=O)O)cc1. The molecule has 1 aliphatic carbocycles. The van der Waals surface area contributed by atoms with Gasteiger partial charge in [-0.2, -0.15) is 0 Å². The molecule has 0 saturated heterocycles. The largest absolute Gasteiger partial charge is 0.478 e.